The third-order valence-corrected chi connectivity index (χ3v) is 2.44. The smallest absolute Gasteiger partial charge is 0.142 e. The Hall–Kier alpha value is -2.36. The molecule has 0 atom stereocenters. The summed E-state index contributed by atoms with van der Waals surface area (Å²) in [6, 6.07) is 15.0. The van der Waals surface area contributed by atoms with Gasteiger partial charge in [0.15, 0.2) is 0 Å². The van der Waals surface area contributed by atoms with Crippen LogP contribution >= 0.6 is 0 Å². The van der Waals surface area contributed by atoms with E-state index in [0.29, 0.717) is 24.6 Å². The number of rotatable bonds is 4. The summed E-state index contributed by atoms with van der Waals surface area (Å²) in [7, 11) is 0. The maximum Gasteiger partial charge on any atom is 0.142 e. The first-order chi connectivity index (χ1) is 9.69. The Morgan fingerprint density at radius 2 is 1.05 bits per heavy atom. The number of anilines is 2. The van der Waals surface area contributed by atoms with E-state index < -0.39 is 0 Å². The summed E-state index contributed by atoms with van der Waals surface area (Å²) in [5, 5.41) is 0. The quantitative estimate of drug-likeness (QED) is 0.839. The van der Waals surface area contributed by atoms with Crippen LogP contribution in [-0.2, 0) is 0 Å². The molecule has 0 bridgehead atoms. The van der Waals surface area contributed by atoms with Crippen molar-refractivity contribution in [3.63, 3.8) is 0 Å². The number of hydrogen-bond acceptors (Lipinski definition) is 4. The summed E-state index contributed by atoms with van der Waals surface area (Å²) in [5.41, 5.74) is 12.6. The Kier molecular flexibility index (Phi) is 6.82. The van der Waals surface area contributed by atoms with E-state index in [-0.39, 0.29) is 0 Å². The molecule has 108 valence electrons. The lowest BCUT2D eigenvalue weighted by Crippen LogP contribution is -1.95. The number of nitrogens with two attached hydrogens (primary N) is 2. The van der Waals surface area contributed by atoms with E-state index in [2.05, 4.69) is 0 Å². The molecule has 0 radical (unpaired) electrons. The maximum absolute atomic E-state index is 5.58. The van der Waals surface area contributed by atoms with Crippen molar-refractivity contribution >= 4 is 11.4 Å². The number of para-hydroxylation sites is 4. The lowest BCUT2D eigenvalue weighted by molar-refractivity contribution is 0.342. The molecule has 0 aliphatic rings. The second kappa shape index (κ2) is 8.69. The van der Waals surface area contributed by atoms with Gasteiger partial charge in [-0.15, -0.1) is 0 Å². The van der Waals surface area contributed by atoms with E-state index in [1.807, 2.05) is 62.4 Å². The van der Waals surface area contributed by atoms with Gasteiger partial charge >= 0.3 is 0 Å². The molecule has 0 spiro atoms. The normalized spacial score (nSPS) is 9.30. The summed E-state index contributed by atoms with van der Waals surface area (Å²) in [5.74, 6) is 1.54. The lowest BCUT2D eigenvalue weighted by atomic mass is 10.3. The number of ether oxygens (including phenoxy) is 2. The maximum atomic E-state index is 5.58. The zero-order chi connectivity index (χ0) is 14.8. The Labute approximate surface area is 120 Å². The van der Waals surface area contributed by atoms with Crippen molar-refractivity contribution < 1.29 is 9.47 Å². The van der Waals surface area contributed by atoms with E-state index >= 15 is 0 Å². The van der Waals surface area contributed by atoms with E-state index in [0.717, 1.165) is 11.5 Å². The Balaban J connectivity index is 0.000000200. The van der Waals surface area contributed by atoms with E-state index in [4.69, 9.17) is 20.9 Å². The van der Waals surface area contributed by atoms with Crippen LogP contribution in [-0.4, -0.2) is 13.2 Å². The van der Waals surface area contributed by atoms with E-state index in [1.54, 1.807) is 0 Å². The van der Waals surface area contributed by atoms with Gasteiger partial charge in [-0.1, -0.05) is 24.3 Å². The molecule has 0 saturated heterocycles. The Morgan fingerprint density at radius 3 is 1.35 bits per heavy atom. The minimum absolute atomic E-state index is 0.661. The molecule has 0 aliphatic heterocycles. The van der Waals surface area contributed by atoms with Gasteiger partial charge in [-0.25, -0.2) is 0 Å². The zero-order valence-corrected chi connectivity index (χ0v) is 12.0. The fraction of sp³-hybridized carbons (Fsp3) is 0.250. The second-order valence-corrected chi connectivity index (χ2v) is 3.94. The van der Waals surface area contributed by atoms with E-state index in [9.17, 15) is 0 Å². The number of hydrogen-bond donors (Lipinski definition) is 2. The molecule has 0 amide bonds. The summed E-state index contributed by atoms with van der Waals surface area (Å²) in [6.45, 7) is 5.20. The van der Waals surface area contributed by atoms with Crippen molar-refractivity contribution in [1.29, 1.82) is 0 Å². The number of benzene rings is 2. The van der Waals surface area contributed by atoms with Crippen molar-refractivity contribution in [3.8, 4) is 11.5 Å². The fourth-order valence-corrected chi connectivity index (χ4v) is 1.53. The van der Waals surface area contributed by atoms with Gasteiger partial charge in [0.05, 0.1) is 24.6 Å². The fourth-order valence-electron chi connectivity index (χ4n) is 1.53. The van der Waals surface area contributed by atoms with Crippen LogP contribution in [0.25, 0.3) is 0 Å². The van der Waals surface area contributed by atoms with Crippen LogP contribution in [0.4, 0.5) is 11.4 Å². The molecule has 2 rings (SSSR count). The minimum Gasteiger partial charge on any atom is -0.492 e. The minimum atomic E-state index is 0.661. The second-order valence-electron chi connectivity index (χ2n) is 3.94. The van der Waals surface area contributed by atoms with E-state index in [1.165, 1.54) is 0 Å². The lowest BCUT2D eigenvalue weighted by Gasteiger charge is -2.04. The van der Waals surface area contributed by atoms with Crippen LogP contribution in [0.3, 0.4) is 0 Å². The molecule has 4 N–H and O–H groups in total. The molecule has 0 aliphatic carbocycles. The molecule has 0 unspecified atom stereocenters. The van der Waals surface area contributed by atoms with Crippen LogP contribution in [0.5, 0.6) is 11.5 Å². The highest BCUT2D eigenvalue weighted by Gasteiger charge is 1.94. The highest BCUT2D eigenvalue weighted by molar-refractivity contribution is 5.52. The van der Waals surface area contributed by atoms with Gasteiger partial charge in [0.1, 0.15) is 11.5 Å². The molecule has 0 aromatic heterocycles. The molecule has 2 aromatic rings. The molecule has 20 heavy (non-hydrogen) atoms. The average molecular weight is 274 g/mol. The average Bonchev–Trinajstić information content (AvgIpc) is 2.45. The van der Waals surface area contributed by atoms with Crippen molar-refractivity contribution in [2.24, 2.45) is 0 Å². The zero-order valence-electron chi connectivity index (χ0n) is 12.0. The number of nitrogen functional groups attached to an aromatic ring is 2. The van der Waals surface area contributed by atoms with Gasteiger partial charge in [-0.05, 0) is 38.1 Å². The summed E-state index contributed by atoms with van der Waals surface area (Å²) in [6.07, 6.45) is 0. The van der Waals surface area contributed by atoms with Crippen molar-refractivity contribution in [1.82, 2.24) is 0 Å². The molecule has 0 heterocycles. The third-order valence-electron chi connectivity index (χ3n) is 2.44. The van der Waals surface area contributed by atoms with Crippen LogP contribution in [0.15, 0.2) is 48.5 Å². The first-order valence-electron chi connectivity index (χ1n) is 6.63. The topological polar surface area (TPSA) is 70.5 Å². The first-order valence-corrected chi connectivity index (χ1v) is 6.63. The van der Waals surface area contributed by atoms with Crippen molar-refractivity contribution in [2.75, 3.05) is 24.7 Å². The standard InChI is InChI=1S/2C8H11NO/c2*1-2-10-8-6-4-3-5-7(8)9/h2*3-6H,2,9H2,1H3. The van der Waals surface area contributed by atoms with Crippen LogP contribution < -0.4 is 20.9 Å². The molecule has 0 saturated carbocycles. The van der Waals surface area contributed by atoms with Gasteiger partial charge in [0, 0.05) is 0 Å². The van der Waals surface area contributed by atoms with Gasteiger partial charge in [0.25, 0.3) is 0 Å². The van der Waals surface area contributed by atoms with Gasteiger partial charge in [-0.2, -0.15) is 0 Å². The van der Waals surface area contributed by atoms with Gasteiger partial charge < -0.3 is 20.9 Å². The Bertz CT molecular complexity index is 468. The molecule has 4 nitrogen and oxygen atoms in total. The highest BCUT2D eigenvalue weighted by atomic mass is 16.5. The molecule has 0 fully saturated rings. The first kappa shape index (κ1) is 15.7. The van der Waals surface area contributed by atoms with Crippen LogP contribution in [0.2, 0.25) is 0 Å². The van der Waals surface area contributed by atoms with Crippen LogP contribution in [0, 0.1) is 0 Å². The highest BCUT2D eigenvalue weighted by Crippen LogP contribution is 2.19. The van der Waals surface area contributed by atoms with Gasteiger partial charge in [-0.3, -0.25) is 0 Å². The van der Waals surface area contributed by atoms with Crippen LogP contribution in [0.1, 0.15) is 13.8 Å². The largest absolute Gasteiger partial charge is 0.492 e. The Morgan fingerprint density at radius 1 is 0.700 bits per heavy atom. The SMILES string of the molecule is CCOc1ccccc1N.CCOc1ccccc1N. The molecular weight excluding hydrogens is 252 g/mol. The van der Waals surface area contributed by atoms with Gasteiger partial charge in [0.2, 0.25) is 0 Å². The third kappa shape index (κ3) is 5.10. The predicted molar refractivity (Wildman–Crippen MR) is 84.0 cm³/mol. The predicted octanol–water partition coefficient (Wildman–Crippen LogP) is 3.34. The summed E-state index contributed by atoms with van der Waals surface area (Å²) in [4.78, 5) is 0. The van der Waals surface area contributed by atoms with Crippen molar-refractivity contribution in [2.45, 2.75) is 13.8 Å². The monoisotopic (exact) mass is 274 g/mol. The molecule has 2 aromatic carbocycles. The molecular formula is C16H22N2O2. The summed E-state index contributed by atoms with van der Waals surface area (Å²) < 4.78 is 10.4. The van der Waals surface area contributed by atoms with Crippen molar-refractivity contribution in [3.05, 3.63) is 48.5 Å². The molecule has 4 heteroatoms. The summed E-state index contributed by atoms with van der Waals surface area (Å²) >= 11 is 0.